The average Bonchev–Trinajstić information content (AvgIpc) is 3.32. The summed E-state index contributed by atoms with van der Waals surface area (Å²) in [5.74, 6) is 1.93. The van der Waals surface area contributed by atoms with Gasteiger partial charge in [0.1, 0.15) is 10.9 Å². The summed E-state index contributed by atoms with van der Waals surface area (Å²) >= 11 is 8.00. The summed E-state index contributed by atoms with van der Waals surface area (Å²) in [6.45, 7) is 0.0290. The Labute approximate surface area is 169 Å². The van der Waals surface area contributed by atoms with Crippen LogP contribution in [0.25, 0.3) is 6.08 Å². The van der Waals surface area contributed by atoms with Crippen LogP contribution in [0.15, 0.2) is 23.1 Å². The van der Waals surface area contributed by atoms with Crippen molar-refractivity contribution in [1.82, 2.24) is 10.2 Å². The van der Waals surface area contributed by atoms with E-state index in [1.165, 1.54) is 4.90 Å². The van der Waals surface area contributed by atoms with Crippen molar-refractivity contribution >= 4 is 58.0 Å². The Morgan fingerprint density at radius 2 is 2.19 bits per heavy atom. The fourth-order valence-electron chi connectivity index (χ4n) is 2.87. The van der Waals surface area contributed by atoms with Gasteiger partial charge in [-0.15, -0.1) is 0 Å². The van der Waals surface area contributed by atoms with E-state index >= 15 is 0 Å². The van der Waals surface area contributed by atoms with Crippen molar-refractivity contribution in [2.45, 2.75) is 12.1 Å². The summed E-state index contributed by atoms with van der Waals surface area (Å²) in [6, 6.07) is 5.12. The predicted molar refractivity (Wildman–Crippen MR) is 108 cm³/mol. The maximum absolute atomic E-state index is 12.7. The lowest BCUT2D eigenvalue weighted by molar-refractivity contribution is -0.129. The number of thiocarbonyl (C=S) groups is 1. The quantitative estimate of drug-likeness (QED) is 0.551. The monoisotopic (exact) mass is 424 g/mol. The second-order valence-corrected chi connectivity index (χ2v) is 8.91. The number of carbonyl (C=O) groups excluding carboxylic acids is 2. The van der Waals surface area contributed by atoms with Crippen molar-refractivity contribution in [1.29, 1.82) is 0 Å². The van der Waals surface area contributed by atoms with Crippen molar-refractivity contribution in [2.24, 2.45) is 0 Å². The molecule has 2 N–H and O–H groups in total. The van der Waals surface area contributed by atoms with Gasteiger partial charge >= 0.3 is 0 Å². The minimum atomic E-state index is -0.559. The molecule has 2 atom stereocenters. The number of benzene rings is 1. The maximum atomic E-state index is 12.7. The smallest absolute Gasteiger partial charge is 0.266 e. The van der Waals surface area contributed by atoms with E-state index in [9.17, 15) is 14.7 Å². The van der Waals surface area contributed by atoms with Gasteiger partial charge < -0.3 is 19.9 Å². The Morgan fingerprint density at radius 1 is 1.37 bits per heavy atom. The molecule has 0 radical (unpaired) electrons. The molecule has 0 aliphatic carbocycles. The highest BCUT2D eigenvalue weighted by Crippen LogP contribution is 2.36. The standard InChI is InChI=1S/C17H16N2O5S3/c20-11-7-26-6-10(11)18-15(21)5-19-16(22)14(27-17(19)25)4-9-1-2-12-13(3-9)24-8-23-12/h1-4,10-11,20H,5-8H2,(H,18,21)/b14-4-/t10-,11-/m1/s1. The van der Waals surface area contributed by atoms with E-state index in [-0.39, 0.29) is 31.2 Å². The first-order chi connectivity index (χ1) is 13.0. The number of aliphatic hydroxyl groups is 1. The summed E-state index contributed by atoms with van der Waals surface area (Å²) in [5, 5.41) is 12.6. The van der Waals surface area contributed by atoms with Gasteiger partial charge in [0.15, 0.2) is 11.5 Å². The van der Waals surface area contributed by atoms with E-state index in [4.69, 9.17) is 21.7 Å². The van der Waals surface area contributed by atoms with Crippen LogP contribution in [-0.2, 0) is 9.59 Å². The largest absolute Gasteiger partial charge is 0.454 e. The normalized spacial score (nSPS) is 25.5. The topological polar surface area (TPSA) is 88.1 Å². The molecule has 7 nitrogen and oxygen atoms in total. The Bertz CT molecular complexity index is 844. The molecule has 1 aromatic carbocycles. The highest BCUT2D eigenvalue weighted by molar-refractivity contribution is 8.26. The van der Waals surface area contributed by atoms with Crippen LogP contribution in [0.5, 0.6) is 11.5 Å². The third-order valence-corrected chi connectivity index (χ3v) is 6.82. The van der Waals surface area contributed by atoms with Crippen molar-refractivity contribution in [3.63, 3.8) is 0 Å². The molecule has 0 aromatic heterocycles. The number of carbonyl (C=O) groups is 2. The molecule has 2 amide bonds. The molecule has 0 unspecified atom stereocenters. The van der Waals surface area contributed by atoms with Gasteiger partial charge in [0.05, 0.1) is 17.1 Å². The molecule has 3 heterocycles. The molecule has 2 saturated heterocycles. The molecule has 27 heavy (non-hydrogen) atoms. The lowest BCUT2D eigenvalue weighted by Gasteiger charge is -2.18. The molecule has 1 aromatic rings. The first kappa shape index (κ1) is 18.6. The number of aliphatic hydroxyl groups excluding tert-OH is 1. The summed E-state index contributed by atoms with van der Waals surface area (Å²) < 4.78 is 11.0. The lowest BCUT2D eigenvalue weighted by atomic mass is 10.2. The highest BCUT2D eigenvalue weighted by atomic mass is 32.2. The zero-order chi connectivity index (χ0) is 19.0. The van der Waals surface area contributed by atoms with Crippen LogP contribution < -0.4 is 14.8 Å². The van der Waals surface area contributed by atoms with E-state index in [0.717, 1.165) is 17.3 Å². The first-order valence-corrected chi connectivity index (χ1v) is 10.6. The number of ether oxygens (including phenoxy) is 2. The zero-order valence-corrected chi connectivity index (χ0v) is 16.5. The van der Waals surface area contributed by atoms with Crippen molar-refractivity contribution in [2.75, 3.05) is 24.8 Å². The van der Waals surface area contributed by atoms with E-state index in [1.54, 1.807) is 30.0 Å². The van der Waals surface area contributed by atoms with Gasteiger partial charge in [-0.05, 0) is 23.8 Å². The minimum Gasteiger partial charge on any atom is -0.454 e. The second-order valence-electron chi connectivity index (χ2n) is 6.16. The molecule has 2 fully saturated rings. The van der Waals surface area contributed by atoms with Crippen LogP contribution in [-0.4, -0.2) is 63.1 Å². The van der Waals surface area contributed by atoms with Crippen LogP contribution in [0.3, 0.4) is 0 Å². The minimum absolute atomic E-state index is 0.156. The third-order valence-electron chi connectivity index (χ3n) is 4.27. The lowest BCUT2D eigenvalue weighted by Crippen LogP contribution is -2.47. The Morgan fingerprint density at radius 3 is 2.96 bits per heavy atom. The number of fused-ring (bicyclic) bond motifs is 1. The first-order valence-electron chi connectivity index (χ1n) is 8.21. The number of hydrogen-bond donors (Lipinski definition) is 2. The molecule has 0 saturated carbocycles. The fourth-order valence-corrected chi connectivity index (χ4v) is 5.29. The maximum Gasteiger partial charge on any atom is 0.266 e. The number of hydrogen-bond acceptors (Lipinski definition) is 8. The summed E-state index contributed by atoms with van der Waals surface area (Å²) in [7, 11) is 0. The molecule has 4 rings (SSSR count). The molecule has 142 valence electrons. The van der Waals surface area contributed by atoms with Gasteiger partial charge in [-0.25, -0.2) is 0 Å². The number of rotatable bonds is 4. The van der Waals surface area contributed by atoms with Crippen molar-refractivity contribution < 1.29 is 24.2 Å². The number of amides is 2. The van der Waals surface area contributed by atoms with Gasteiger partial charge in [-0.1, -0.05) is 30.0 Å². The van der Waals surface area contributed by atoms with Crippen molar-refractivity contribution in [3.05, 3.63) is 28.7 Å². The summed E-state index contributed by atoms with van der Waals surface area (Å²) in [5.41, 5.74) is 0.787. The van der Waals surface area contributed by atoms with Crippen molar-refractivity contribution in [3.8, 4) is 11.5 Å². The number of nitrogens with one attached hydrogen (secondary N) is 1. The van der Waals surface area contributed by atoms with Crippen LogP contribution in [0, 0.1) is 0 Å². The Balaban J connectivity index is 1.43. The average molecular weight is 425 g/mol. The van der Waals surface area contributed by atoms with Gasteiger partial charge in [0.2, 0.25) is 12.7 Å². The van der Waals surface area contributed by atoms with Crippen LogP contribution in [0.1, 0.15) is 5.56 Å². The molecular weight excluding hydrogens is 408 g/mol. The number of nitrogens with zero attached hydrogens (tertiary/aromatic N) is 1. The van der Waals surface area contributed by atoms with E-state index in [0.29, 0.717) is 32.2 Å². The molecule has 3 aliphatic rings. The fraction of sp³-hybridized carbons (Fsp3) is 0.353. The van der Waals surface area contributed by atoms with Gasteiger partial charge in [-0.2, -0.15) is 11.8 Å². The molecular formula is C17H16N2O5S3. The van der Waals surface area contributed by atoms with Crippen LogP contribution >= 0.6 is 35.7 Å². The zero-order valence-electron chi connectivity index (χ0n) is 14.0. The van der Waals surface area contributed by atoms with E-state index in [2.05, 4.69) is 5.32 Å². The van der Waals surface area contributed by atoms with Gasteiger partial charge in [-0.3, -0.25) is 14.5 Å². The Hall–Kier alpha value is -1.75. The molecule has 0 bridgehead atoms. The Kier molecular flexibility index (Phi) is 5.31. The van der Waals surface area contributed by atoms with Gasteiger partial charge in [0.25, 0.3) is 5.91 Å². The second kappa shape index (κ2) is 7.70. The van der Waals surface area contributed by atoms with E-state index in [1.807, 2.05) is 6.07 Å². The molecule has 3 aliphatic heterocycles. The van der Waals surface area contributed by atoms with Crippen LogP contribution in [0.2, 0.25) is 0 Å². The predicted octanol–water partition coefficient (Wildman–Crippen LogP) is 1.21. The summed E-state index contributed by atoms with van der Waals surface area (Å²) in [6.07, 6.45) is 1.16. The van der Waals surface area contributed by atoms with E-state index < -0.39 is 6.10 Å². The van der Waals surface area contributed by atoms with Crippen LogP contribution in [0.4, 0.5) is 0 Å². The van der Waals surface area contributed by atoms with Gasteiger partial charge in [0, 0.05) is 11.5 Å². The SMILES string of the molecule is O=C(CN1C(=O)/C(=C/c2ccc3c(c2)OCO3)SC1=S)N[C@@H]1CSC[C@H]1O. The molecule has 10 heteroatoms. The third kappa shape index (κ3) is 3.93. The number of thioether (sulfide) groups is 2. The molecule has 0 spiro atoms. The highest BCUT2D eigenvalue weighted by Gasteiger charge is 2.35. The summed E-state index contributed by atoms with van der Waals surface area (Å²) in [4.78, 5) is 26.6.